The number of hydrogen-bond donors (Lipinski definition) is 1. The molecule has 3 aromatic rings. The van der Waals surface area contributed by atoms with Crippen LogP contribution in [0.3, 0.4) is 0 Å². The molecule has 0 saturated carbocycles. The quantitative estimate of drug-likeness (QED) is 0.686. The fraction of sp³-hybridized carbons (Fsp3) is 0.188. The second kappa shape index (κ2) is 7.14. The Balaban J connectivity index is 1.54. The zero-order valence-corrected chi connectivity index (χ0v) is 13.7. The van der Waals surface area contributed by atoms with Crippen molar-refractivity contribution in [3.63, 3.8) is 0 Å². The maximum absolute atomic E-state index is 12.2. The van der Waals surface area contributed by atoms with Crippen molar-refractivity contribution in [1.29, 1.82) is 0 Å². The van der Waals surface area contributed by atoms with Crippen LogP contribution in [0, 0.1) is 0 Å². The van der Waals surface area contributed by atoms with E-state index < -0.39 is 5.91 Å². The van der Waals surface area contributed by atoms with Crippen molar-refractivity contribution in [2.45, 2.75) is 0 Å². The number of fused-ring (bicyclic) bond motifs is 1. The first-order valence-corrected chi connectivity index (χ1v) is 8.07. The van der Waals surface area contributed by atoms with E-state index in [-0.39, 0.29) is 24.3 Å². The third-order valence-corrected chi connectivity index (χ3v) is 4.07. The molecular formula is C16H15N3O4S. The summed E-state index contributed by atoms with van der Waals surface area (Å²) >= 11 is 1.33. The molecule has 0 atom stereocenters. The fourth-order valence-corrected chi connectivity index (χ4v) is 2.76. The summed E-state index contributed by atoms with van der Waals surface area (Å²) in [5, 5.41) is 4.40. The Morgan fingerprint density at radius 2 is 2.04 bits per heavy atom. The van der Waals surface area contributed by atoms with Gasteiger partial charge in [-0.1, -0.05) is 0 Å². The van der Waals surface area contributed by atoms with Gasteiger partial charge in [0.1, 0.15) is 23.7 Å². The van der Waals surface area contributed by atoms with Crippen LogP contribution in [0.4, 0.5) is 0 Å². The minimum absolute atomic E-state index is 0.00958. The van der Waals surface area contributed by atoms with Crippen molar-refractivity contribution in [2.24, 2.45) is 0 Å². The largest absolute Gasteiger partial charge is 0.497 e. The van der Waals surface area contributed by atoms with Crippen molar-refractivity contribution < 1.29 is 14.3 Å². The average Bonchev–Trinajstić information content (AvgIpc) is 3.09. The highest BCUT2D eigenvalue weighted by molar-refractivity contribution is 7.15. The van der Waals surface area contributed by atoms with Crippen LogP contribution in [-0.4, -0.2) is 35.6 Å². The predicted octanol–water partition coefficient (Wildman–Crippen LogP) is 1.57. The molecule has 0 saturated heterocycles. The van der Waals surface area contributed by atoms with Gasteiger partial charge in [0.2, 0.25) is 0 Å². The van der Waals surface area contributed by atoms with E-state index in [0.29, 0.717) is 10.7 Å². The fourth-order valence-electron chi connectivity index (χ4n) is 2.08. The number of rotatable bonds is 6. The normalized spacial score (nSPS) is 10.5. The molecule has 0 radical (unpaired) electrons. The summed E-state index contributed by atoms with van der Waals surface area (Å²) in [6.07, 6.45) is 2.90. The molecule has 8 heteroatoms. The Morgan fingerprint density at radius 1 is 1.29 bits per heavy atom. The van der Waals surface area contributed by atoms with Crippen LogP contribution < -0.4 is 20.3 Å². The molecule has 2 heterocycles. The Bertz CT molecular complexity index is 902. The third-order valence-electron chi connectivity index (χ3n) is 3.30. The summed E-state index contributed by atoms with van der Waals surface area (Å²) in [6, 6.07) is 7.14. The van der Waals surface area contributed by atoms with E-state index in [1.54, 1.807) is 43.0 Å². The first-order valence-electron chi connectivity index (χ1n) is 7.19. The molecule has 0 aliphatic heterocycles. The van der Waals surface area contributed by atoms with Crippen molar-refractivity contribution in [1.82, 2.24) is 14.7 Å². The number of nitrogens with one attached hydrogen (secondary N) is 1. The van der Waals surface area contributed by atoms with Gasteiger partial charge in [-0.05, 0) is 24.3 Å². The lowest BCUT2D eigenvalue weighted by Crippen LogP contribution is -2.33. The van der Waals surface area contributed by atoms with Crippen molar-refractivity contribution in [2.75, 3.05) is 20.3 Å². The number of aromatic nitrogens is 2. The smallest absolute Gasteiger partial charge is 0.271 e. The number of ether oxygens (including phenoxy) is 2. The van der Waals surface area contributed by atoms with E-state index in [2.05, 4.69) is 10.3 Å². The van der Waals surface area contributed by atoms with Crippen LogP contribution in [0.15, 0.2) is 46.8 Å². The van der Waals surface area contributed by atoms with Crippen LogP contribution in [-0.2, 0) is 0 Å². The summed E-state index contributed by atoms with van der Waals surface area (Å²) in [5.41, 5.74) is -0.370. The monoisotopic (exact) mass is 345 g/mol. The Morgan fingerprint density at radius 3 is 2.79 bits per heavy atom. The molecular weight excluding hydrogens is 330 g/mol. The molecule has 0 aliphatic rings. The van der Waals surface area contributed by atoms with Gasteiger partial charge in [-0.3, -0.25) is 14.0 Å². The lowest BCUT2D eigenvalue weighted by atomic mass is 10.3. The molecule has 0 spiro atoms. The summed E-state index contributed by atoms with van der Waals surface area (Å²) in [4.78, 5) is 28.9. The van der Waals surface area contributed by atoms with Gasteiger partial charge in [-0.15, -0.1) is 11.3 Å². The molecule has 0 unspecified atom stereocenters. The van der Waals surface area contributed by atoms with E-state index >= 15 is 0 Å². The van der Waals surface area contributed by atoms with Gasteiger partial charge < -0.3 is 14.8 Å². The zero-order chi connectivity index (χ0) is 16.9. The minimum atomic E-state index is -0.466. The molecule has 1 N–H and O–H groups in total. The van der Waals surface area contributed by atoms with Gasteiger partial charge in [-0.25, -0.2) is 4.98 Å². The van der Waals surface area contributed by atoms with Crippen molar-refractivity contribution >= 4 is 22.2 Å². The van der Waals surface area contributed by atoms with Crippen molar-refractivity contribution in [3.8, 4) is 11.5 Å². The number of amides is 1. The Kier molecular flexibility index (Phi) is 4.76. The number of carbonyl (C=O) groups excluding carboxylic acids is 1. The maximum Gasteiger partial charge on any atom is 0.271 e. The summed E-state index contributed by atoms with van der Waals surface area (Å²) in [6.45, 7) is 0.560. The van der Waals surface area contributed by atoms with Crippen LogP contribution in [0.5, 0.6) is 11.5 Å². The number of benzene rings is 1. The van der Waals surface area contributed by atoms with Gasteiger partial charge in [0.05, 0.1) is 13.7 Å². The molecule has 1 aromatic carbocycles. The second-order valence-electron chi connectivity index (χ2n) is 4.81. The number of methoxy groups -OCH3 is 1. The first-order chi connectivity index (χ1) is 11.7. The summed E-state index contributed by atoms with van der Waals surface area (Å²) in [5.74, 6) is 0.949. The Labute approximate surface area is 141 Å². The highest BCUT2D eigenvalue weighted by atomic mass is 32.1. The van der Waals surface area contributed by atoms with E-state index in [4.69, 9.17) is 9.47 Å². The van der Waals surface area contributed by atoms with Crippen LogP contribution >= 0.6 is 11.3 Å². The number of thiazole rings is 1. The number of hydrogen-bond acceptors (Lipinski definition) is 6. The Hall–Kier alpha value is -2.87. The number of nitrogens with zero attached hydrogens (tertiary/aromatic N) is 2. The maximum atomic E-state index is 12.2. The lowest BCUT2D eigenvalue weighted by molar-refractivity contribution is 0.0945. The molecule has 3 rings (SSSR count). The second-order valence-corrected chi connectivity index (χ2v) is 5.69. The molecule has 1 amide bonds. The summed E-state index contributed by atoms with van der Waals surface area (Å²) in [7, 11) is 1.59. The van der Waals surface area contributed by atoms with Gasteiger partial charge >= 0.3 is 0 Å². The van der Waals surface area contributed by atoms with Crippen LogP contribution in [0.25, 0.3) is 4.96 Å². The van der Waals surface area contributed by atoms with Gasteiger partial charge in [0.25, 0.3) is 11.5 Å². The predicted molar refractivity (Wildman–Crippen MR) is 90.2 cm³/mol. The number of carbonyl (C=O) groups is 1. The molecule has 7 nitrogen and oxygen atoms in total. The average molecular weight is 345 g/mol. The van der Waals surface area contributed by atoms with E-state index in [1.807, 2.05) is 0 Å². The first kappa shape index (κ1) is 16.0. The highest BCUT2D eigenvalue weighted by Crippen LogP contribution is 2.16. The molecule has 0 fully saturated rings. The van der Waals surface area contributed by atoms with Gasteiger partial charge in [0.15, 0.2) is 4.96 Å². The molecule has 0 aliphatic carbocycles. The highest BCUT2D eigenvalue weighted by Gasteiger charge is 2.13. The van der Waals surface area contributed by atoms with Crippen LogP contribution in [0.2, 0.25) is 0 Å². The van der Waals surface area contributed by atoms with E-state index in [9.17, 15) is 9.59 Å². The minimum Gasteiger partial charge on any atom is -0.497 e. The van der Waals surface area contributed by atoms with Gasteiger partial charge in [-0.2, -0.15) is 0 Å². The molecule has 24 heavy (non-hydrogen) atoms. The summed E-state index contributed by atoms with van der Waals surface area (Å²) < 4.78 is 11.9. The van der Waals surface area contributed by atoms with Crippen molar-refractivity contribution in [3.05, 3.63) is 58.0 Å². The molecule has 124 valence electrons. The third kappa shape index (κ3) is 3.38. The van der Waals surface area contributed by atoms with Crippen LogP contribution in [0.1, 0.15) is 10.4 Å². The standard InChI is InChI=1S/C16H15N3O4S/c1-22-11-2-4-12(5-3-11)23-8-6-17-14(20)13-10-18-16-19(15(13)21)7-9-24-16/h2-5,7,9-10H,6,8H2,1H3,(H,17,20). The lowest BCUT2D eigenvalue weighted by Gasteiger charge is -2.08. The molecule has 0 bridgehead atoms. The SMILES string of the molecule is COc1ccc(OCCNC(=O)c2cnc3sccn3c2=O)cc1. The molecule has 2 aromatic heterocycles. The van der Waals surface area contributed by atoms with E-state index in [0.717, 1.165) is 5.75 Å². The van der Waals surface area contributed by atoms with Gasteiger partial charge in [0, 0.05) is 17.8 Å². The zero-order valence-electron chi connectivity index (χ0n) is 12.9. The topological polar surface area (TPSA) is 81.9 Å². The van der Waals surface area contributed by atoms with E-state index in [1.165, 1.54) is 21.9 Å².